The molecule has 0 N–H and O–H groups in total. The highest BCUT2D eigenvalue weighted by Gasteiger charge is 2.31. The van der Waals surface area contributed by atoms with Crippen molar-refractivity contribution in [1.82, 2.24) is 4.98 Å². The summed E-state index contributed by atoms with van der Waals surface area (Å²) < 4.78 is 39.8. The van der Waals surface area contributed by atoms with Crippen LogP contribution in [0.1, 0.15) is 21.6 Å². The molecule has 0 aliphatic carbocycles. The highest BCUT2D eigenvalue weighted by atomic mass is 35.5. The molecule has 0 amide bonds. The van der Waals surface area contributed by atoms with Crippen molar-refractivity contribution in [2.45, 2.75) is 6.18 Å². The highest BCUT2D eigenvalue weighted by Crippen LogP contribution is 2.39. The number of hydrogen-bond acceptors (Lipinski definition) is 2. The monoisotopic (exact) mass is 419 g/mol. The van der Waals surface area contributed by atoms with Crippen molar-refractivity contribution in [2.24, 2.45) is 0 Å². The molecule has 0 unspecified atom stereocenters. The fourth-order valence-corrected chi connectivity index (χ4v) is 3.82. The van der Waals surface area contributed by atoms with E-state index in [1.807, 2.05) is 0 Å². The zero-order chi connectivity index (χ0) is 20.1. The second-order valence-electron chi connectivity index (χ2n) is 6.21. The van der Waals surface area contributed by atoms with Gasteiger partial charge in [0.1, 0.15) is 5.69 Å². The van der Waals surface area contributed by atoms with Crippen molar-refractivity contribution in [3.63, 3.8) is 0 Å². The first-order valence-corrected chi connectivity index (χ1v) is 8.90. The second kappa shape index (κ2) is 6.76. The molecule has 28 heavy (non-hydrogen) atoms. The fraction of sp³-hybridized carbons (Fsp3) is 0.0476. The number of carbonyl (C=O) groups excluding carboxylic acids is 1. The van der Waals surface area contributed by atoms with Crippen LogP contribution in [0.25, 0.3) is 21.5 Å². The first-order chi connectivity index (χ1) is 13.3. The molecule has 0 bridgehead atoms. The van der Waals surface area contributed by atoms with Gasteiger partial charge in [0, 0.05) is 22.2 Å². The van der Waals surface area contributed by atoms with Gasteiger partial charge in [-0.1, -0.05) is 35.3 Å². The zero-order valence-corrected chi connectivity index (χ0v) is 15.5. The molecule has 7 heteroatoms. The smallest absolute Gasteiger partial charge is 0.287 e. The molecule has 0 saturated carbocycles. The number of hydrogen-bond donors (Lipinski definition) is 0. The minimum atomic E-state index is -4.53. The van der Waals surface area contributed by atoms with Gasteiger partial charge in [-0.15, -0.1) is 0 Å². The Morgan fingerprint density at radius 2 is 1.71 bits per heavy atom. The molecule has 0 aliphatic heterocycles. The Morgan fingerprint density at radius 1 is 0.929 bits per heavy atom. The maximum Gasteiger partial charge on any atom is 0.416 e. The van der Waals surface area contributed by atoms with Gasteiger partial charge in [0.25, 0.3) is 0 Å². The molecular formula is C21H10Cl2F3NO. The number of ketones is 1. The molecule has 1 aromatic heterocycles. The van der Waals surface area contributed by atoms with E-state index < -0.39 is 17.5 Å². The van der Waals surface area contributed by atoms with Crippen LogP contribution in [0.2, 0.25) is 10.0 Å². The van der Waals surface area contributed by atoms with Gasteiger partial charge in [0.15, 0.2) is 0 Å². The van der Waals surface area contributed by atoms with Gasteiger partial charge < -0.3 is 0 Å². The second-order valence-corrected chi connectivity index (χ2v) is 7.06. The molecule has 4 rings (SSSR count). The van der Waals surface area contributed by atoms with Gasteiger partial charge in [-0.3, -0.25) is 9.78 Å². The number of pyridine rings is 1. The van der Waals surface area contributed by atoms with E-state index in [0.29, 0.717) is 21.2 Å². The summed E-state index contributed by atoms with van der Waals surface area (Å²) in [5, 5.41) is 2.01. The zero-order valence-electron chi connectivity index (χ0n) is 14.0. The predicted molar refractivity (Wildman–Crippen MR) is 104 cm³/mol. The number of carbonyl (C=O) groups is 1. The lowest BCUT2D eigenvalue weighted by Gasteiger charge is -2.14. The van der Waals surface area contributed by atoms with Gasteiger partial charge in [-0.05, 0) is 58.6 Å². The molecule has 0 fully saturated rings. The minimum absolute atomic E-state index is 0.191. The molecule has 3 aromatic carbocycles. The van der Waals surface area contributed by atoms with Crippen LogP contribution < -0.4 is 0 Å². The molecule has 1 heterocycles. The largest absolute Gasteiger partial charge is 0.416 e. The summed E-state index contributed by atoms with van der Waals surface area (Å²) in [6.07, 6.45) is -3.05. The van der Waals surface area contributed by atoms with Gasteiger partial charge >= 0.3 is 6.18 Å². The van der Waals surface area contributed by atoms with Crippen LogP contribution in [0.4, 0.5) is 13.2 Å². The van der Waals surface area contributed by atoms with Crippen molar-refractivity contribution >= 4 is 50.5 Å². The van der Waals surface area contributed by atoms with Crippen molar-refractivity contribution in [3.8, 4) is 0 Å². The summed E-state index contributed by atoms with van der Waals surface area (Å²) in [5.41, 5.74) is -0.404. The Kier molecular flexibility index (Phi) is 4.52. The van der Waals surface area contributed by atoms with Crippen LogP contribution in [0.5, 0.6) is 0 Å². The average molecular weight is 420 g/mol. The average Bonchev–Trinajstić information content (AvgIpc) is 2.65. The lowest BCUT2D eigenvalue weighted by Crippen LogP contribution is -2.07. The number of alkyl halides is 3. The SMILES string of the molecule is O=C(c1ccccn1)c1cc2cc(Cl)cc(Cl)c2c2cc(C(F)(F)F)ccc12. The first-order valence-electron chi connectivity index (χ1n) is 8.14. The van der Waals surface area contributed by atoms with Gasteiger partial charge in [-0.25, -0.2) is 0 Å². The molecule has 2 nitrogen and oxygen atoms in total. The topological polar surface area (TPSA) is 30.0 Å². The number of fused-ring (bicyclic) bond motifs is 3. The third kappa shape index (κ3) is 3.21. The number of benzene rings is 3. The molecule has 0 aliphatic rings. The number of halogens is 5. The summed E-state index contributed by atoms with van der Waals surface area (Å²) in [6.45, 7) is 0. The number of rotatable bonds is 2. The van der Waals surface area contributed by atoms with Crippen LogP contribution in [0.3, 0.4) is 0 Å². The van der Waals surface area contributed by atoms with E-state index in [9.17, 15) is 18.0 Å². The number of aromatic nitrogens is 1. The molecule has 4 aromatic rings. The summed E-state index contributed by atoms with van der Waals surface area (Å²) in [6, 6.07) is 12.7. The van der Waals surface area contributed by atoms with E-state index in [1.165, 1.54) is 18.3 Å². The molecule has 140 valence electrons. The van der Waals surface area contributed by atoms with E-state index in [1.54, 1.807) is 30.3 Å². The lowest BCUT2D eigenvalue weighted by atomic mass is 9.92. The Morgan fingerprint density at radius 3 is 2.39 bits per heavy atom. The summed E-state index contributed by atoms with van der Waals surface area (Å²) in [4.78, 5) is 17.1. The standard InChI is InChI=1S/C21H10Cl2F3NO/c22-13-7-11-8-16(20(28)18-3-1-2-6-27-18)14-5-4-12(21(24,25)26)9-15(14)19(11)17(23)10-13/h1-10H. The minimum Gasteiger partial charge on any atom is -0.287 e. The van der Waals surface area contributed by atoms with E-state index in [4.69, 9.17) is 23.2 Å². The molecule has 0 atom stereocenters. The normalized spacial score (nSPS) is 11.9. The Bertz CT molecular complexity index is 1240. The quantitative estimate of drug-likeness (QED) is 0.260. The van der Waals surface area contributed by atoms with Crippen molar-refractivity contribution in [3.05, 3.63) is 87.7 Å². The van der Waals surface area contributed by atoms with E-state index in [2.05, 4.69) is 4.98 Å². The van der Waals surface area contributed by atoms with E-state index >= 15 is 0 Å². The van der Waals surface area contributed by atoms with Gasteiger partial charge in [-0.2, -0.15) is 13.2 Å². The van der Waals surface area contributed by atoms with Crippen LogP contribution >= 0.6 is 23.2 Å². The predicted octanol–water partition coefficient (Wildman–Crippen LogP) is 6.94. The van der Waals surface area contributed by atoms with E-state index in [-0.39, 0.29) is 21.7 Å². The van der Waals surface area contributed by atoms with E-state index in [0.717, 1.165) is 12.1 Å². The third-order valence-corrected chi connectivity index (χ3v) is 4.95. The molecular weight excluding hydrogens is 410 g/mol. The first kappa shape index (κ1) is 18.7. The van der Waals surface area contributed by atoms with Gasteiger partial charge in [0.2, 0.25) is 5.78 Å². The Labute approximate surface area is 167 Å². The van der Waals surface area contributed by atoms with Crippen LogP contribution in [0.15, 0.2) is 60.8 Å². The summed E-state index contributed by atoms with van der Waals surface area (Å²) in [7, 11) is 0. The highest BCUT2D eigenvalue weighted by molar-refractivity contribution is 6.41. The van der Waals surface area contributed by atoms with Crippen LogP contribution in [-0.2, 0) is 6.18 Å². The van der Waals surface area contributed by atoms with Crippen molar-refractivity contribution < 1.29 is 18.0 Å². The maximum atomic E-state index is 13.3. The summed E-state index contributed by atoms with van der Waals surface area (Å²) in [5.74, 6) is -0.400. The lowest BCUT2D eigenvalue weighted by molar-refractivity contribution is -0.137. The number of nitrogens with zero attached hydrogens (tertiary/aromatic N) is 1. The van der Waals surface area contributed by atoms with Crippen molar-refractivity contribution in [1.29, 1.82) is 0 Å². The van der Waals surface area contributed by atoms with Crippen molar-refractivity contribution in [2.75, 3.05) is 0 Å². The maximum absolute atomic E-state index is 13.3. The Balaban J connectivity index is 2.11. The molecule has 0 saturated heterocycles. The molecule has 0 spiro atoms. The van der Waals surface area contributed by atoms with Crippen LogP contribution in [0, 0.1) is 0 Å². The Hall–Kier alpha value is -2.63. The summed E-state index contributed by atoms with van der Waals surface area (Å²) >= 11 is 12.4. The van der Waals surface area contributed by atoms with Gasteiger partial charge in [0.05, 0.1) is 10.6 Å². The fourth-order valence-electron chi connectivity index (χ4n) is 3.21. The molecule has 0 radical (unpaired) electrons. The third-order valence-electron chi connectivity index (χ3n) is 4.43. The van der Waals surface area contributed by atoms with Crippen LogP contribution in [-0.4, -0.2) is 10.8 Å².